The Labute approximate surface area is 194 Å². The van der Waals surface area contributed by atoms with Crippen LogP contribution in [0.25, 0.3) is 0 Å². The van der Waals surface area contributed by atoms with Crippen LogP contribution in [0, 0.1) is 5.41 Å². The molecule has 1 atom stereocenters. The van der Waals surface area contributed by atoms with Crippen molar-refractivity contribution < 1.29 is 19.1 Å². The molecular formula is C27H30N2O4. The summed E-state index contributed by atoms with van der Waals surface area (Å²) in [6, 6.07) is 17.0. The fraction of sp³-hybridized carbons (Fsp3) is 0.333. The van der Waals surface area contributed by atoms with Crippen LogP contribution < -0.4 is 15.4 Å². The summed E-state index contributed by atoms with van der Waals surface area (Å²) in [5.41, 5.74) is 9.87. The van der Waals surface area contributed by atoms with Gasteiger partial charge in [-0.15, -0.1) is 0 Å². The van der Waals surface area contributed by atoms with Gasteiger partial charge in [0.25, 0.3) is 0 Å². The molecule has 172 valence electrons. The van der Waals surface area contributed by atoms with Gasteiger partial charge in [-0.3, -0.25) is 9.69 Å². The molecule has 0 bridgehead atoms. The van der Waals surface area contributed by atoms with Crippen molar-refractivity contribution in [3.8, 4) is 5.75 Å². The summed E-state index contributed by atoms with van der Waals surface area (Å²) >= 11 is 0. The van der Waals surface area contributed by atoms with Crippen molar-refractivity contribution in [3.05, 3.63) is 82.8 Å². The van der Waals surface area contributed by atoms with Crippen LogP contribution in [0.5, 0.6) is 5.75 Å². The van der Waals surface area contributed by atoms with Crippen molar-refractivity contribution in [3.63, 3.8) is 0 Å². The lowest BCUT2D eigenvalue weighted by Gasteiger charge is -2.44. The zero-order chi connectivity index (χ0) is 23.8. The SMILES string of the molecule is CCOC(=O)C1=C(N)N(c2ccccc2)C2=C(C(=O)CC(C)(C)C2)C1c1ccc(OC)cc1. The monoisotopic (exact) mass is 446 g/mol. The van der Waals surface area contributed by atoms with Crippen LogP contribution in [0.15, 0.2) is 77.3 Å². The molecular weight excluding hydrogens is 416 g/mol. The number of hydrogen-bond donors (Lipinski definition) is 1. The molecule has 4 rings (SSSR count). The Bertz CT molecular complexity index is 1130. The molecule has 1 unspecified atom stereocenters. The summed E-state index contributed by atoms with van der Waals surface area (Å²) in [6.45, 7) is 6.14. The predicted molar refractivity (Wildman–Crippen MR) is 128 cm³/mol. The van der Waals surface area contributed by atoms with Crippen molar-refractivity contribution in [2.75, 3.05) is 18.6 Å². The van der Waals surface area contributed by atoms with E-state index in [2.05, 4.69) is 13.8 Å². The Hall–Kier alpha value is -3.54. The molecule has 0 aromatic heterocycles. The number of ketones is 1. The van der Waals surface area contributed by atoms with Crippen molar-refractivity contribution in [1.29, 1.82) is 0 Å². The van der Waals surface area contributed by atoms with Crippen molar-refractivity contribution in [2.45, 2.75) is 39.5 Å². The van der Waals surface area contributed by atoms with Crippen LogP contribution in [0.2, 0.25) is 0 Å². The molecule has 2 aromatic carbocycles. The van der Waals surface area contributed by atoms with E-state index in [4.69, 9.17) is 15.2 Å². The number of rotatable bonds is 5. The van der Waals surface area contributed by atoms with Gasteiger partial charge in [0.05, 0.1) is 25.2 Å². The third kappa shape index (κ3) is 4.13. The minimum Gasteiger partial charge on any atom is -0.497 e. The number of ether oxygens (including phenoxy) is 2. The van der Waals surface area contributed by atoms with Crippen LogP contribution >= 0.6 is 0 Å². The van der Waals surface area contributed by atoms with E-state index >= 15 is 0 Å². The number of Topliss-reactive ketones (excluding diaryl/α,β-unsaturated/α-hetero) is 1. The van der Waals surface area contributed by atoms with Crippen molar-refractivity contribution in [2.24, 2.45) is 11.1 Å². The maximum Gasteiger partial charge on any atom is 0.338 e. The molecule has 0 spiro atoms. The molecule has 1 aliphatic heterocycles. The molecule has 6 nitrogen and oxygen atoms in total. The molecule has 0 fully saturated rings. The van der Waals surface area contributed by atoms with Gasteiger partial charge in [-0.25, -0.2) is 4.79 Å². The molecule has 0 amide bonds. The number of nitrogens with two attached hydrogens (primary N) is 1. The maximum atomic E-state index is 13.6. The van der Waals surface area contributed by atoms with Gasteiger partial charge >= 0.3 is 5.97 Å². The smallest absolute Gasteiger partial charge is 0.338 e. The summed E-state index contributed by atoms with van der Waals surface area (Å²) in [6.07, 6.45) is 1.06. The molecule has 0 radical (unpaired) electrons. The van der Waals surface area contributed by atoms with Gasteiger partial charge in [-0.05, 0) is 48.6 Å². The lowest BCUT2D eigenvalue weighted by atomic mass is 9.68. The van der Waals surface area contributed by atoms with Gasteiger partial charge in [0, 0.05) is 23.4 Å². The number of nitrogens with zero attached hydrogens (tertiary/aromatic N) is 1. The van der Waals surface area contributed by atoms with E-state index in [1.807, 2.05) is 59.5 Å². The largest absolute Gasteiger partial charge is 0.497 e. The number of benzene rings is 2. The van der Waals surface area contributed by atoms with Crippen LogP contribution in [0.3, 0.4) is 0 Å². The summed E-state index contributed by atoms with van der Waals surface area (Å²) < 4.78 is 10.7. The average Bonchev–Trinajstić information content (AvgIpc) is 2.78. The van der Waals surface area contributed by atoms with Crippen molar-refractivity contribution in [1.82, 2.24) is 0 Å². The number of esters is 1. The van der Waals surface area contributed by atoms with Gasteiger partial charge in [0.1, 0.15) is 11.6 Å². The molecule has 2 N–H and O–H groups in total. The van der Waals surface area contributed by atoms with Gasteiger partial charge in [0.15, 0.2) is 5.78 Å². The minimum atomic E-state index is -0.603. The van der Waals surface area contributed by atoms with E-state index in [1.54, 1.807) is 14.0 Å². The third-order valence-corrected chi connectivity index (χ3v) is 6.22. The van der Waals surface area contributed by atoms with Gasteiger partial charge in [-0.2, -0.15) is 0 Å². The van der Waals surface area contributed by atoms with E-state index in [-0.39, 0.29) is 23.4 Å². The van der Waals surface area contributed by atoms with Crippen molar-refractivity contribution >= 4 is 17.4 Å². The molecule has 1 heterocycles. The zero-order valence-corrected chi connectivity index (χ0v) is 19.6. The number of hydrogen-bond acceptors (Lipinski definition) is 6. The highest BCUT2D eigenvalue weighted by Gasteiger charge is 2.46. The number of methoxy groups -OCH3 is 1. The molecule has 6 heteroatoms. The van der Waals surface area contributed by atoms with E-state index in [9.17, 15) is 9.59 Å². The van der Waals surface area contributed by atoms with E-state index in [0.717, 1.165) is 16.9 Å². The van der Waals surface area contributed by atoms with E-state index in [1.165, 1.54) is 0 Å². The van der Waals surface area contributed by atoms with Crippen LogP contribution in [0.1, 0.15) is 45.1 Å². The Kier molecular flexibility index (Phi) is 6.02. The first-order valence-electron chi connectivity index (χ1n) is 11.2. The molecule has 0 saturated heterocycles. The Morgan fingerprint density at radius 1 is 1.09 bits per heavy atom. The summed E-state index contributed by atoms with van der Waals surface area (Å²) in [4.78, 5) is 28.8. The fourth-order valence-corrected chi connectivity index (χ4v) is 4.82. The minimum absolute atomic E-state index is 0.0253. The van der Waals surface area contributed by atoms with Gasteiger partial charge in [-0.1, -0.05) is 44.2 Å². The highest BCUT2D eigenvalue weighted by Crippen LogP contribution is 2.50. The number of anilines is 1. The number of carbonyl (C=O) groups excluding carboxylic acids is 2. The highest BCUT2D eigenvalue weighted by atomic mass is 16.5. The third-order valence-electron chi connectivity index (χ3n) is 6.22. The number of carbonyl (C=O) groups is 2. The summed E-state index contributed by atoms with van der Waals surface area (Å²) in [5, 5.41) is 0. The average molecular weight is 447 g/mol. The second-order valence-corrected chi connectivity index (χ2v) is 9.20. The molecule has 2 aromatic rings. The Morgan fingerprint density at radius 2 is 1.76 bits per heavy atom. The predicted octanol–water partition coefficient (Wildman–Crippen LogP) is 4.68. The fourth-order valence-electron chi connectivity index (χ4n) is 4.82. The normalized spacial score (nSPS) is 19.9. The molecule has 2 aliphatic rings. The summed E-state index contributed by atoms with van der Waals surface area (Å²) in [5.74, 6) is -0.100. The van der Waals surface area contributed by atoms with Crippen LogP contribution in [0.4, 0.5) is 5.69 Å². The zero-order valence-electron chi connectivity index (χ0n) is 19.6. The maximum absolute atomic E-state index is 13.6. The highest BCUT2D eigenvalue weighted by molar-refractivity contribution is 6.05. The first-order valence-corrected chi connectivity index (χ1v) is 11.2. The van der Waals surface area contributed by atoms with Gasteiger partial charge in [0.2, 0.25) is 0 Å². The number of para-hydroxylation sites is 1. The molecule has 33 heavy (non-hydrogen) atoms. The van der Waals surface area contributed by atoms with Crippen LogP contribution in [-0.4, -0.2) is 25.5 Å². The molecule has 0 saturated carbocycles. The van der Waals surface area contributed by atoms with E-state index < -0.39 is 11.9 Å². The standard InChI is InChI=1S/C27H30N2O4/c1-5-33-26(31)24-22(17-11-13-19(32-4)14-12-17)23-20(15-27(2,3)16-21(23)30)29(25(24)28)18-9-7-6-8-10-18/h6-14,22H,5,15-16,28H2,1-4H3. The topological polar surface area (TPSA) is 81.9 Å². The Morgan fingerprint density at radius 3 is 2.36 bits per heavy atom. The second-order valence-electron chi connectivity index (χ2n) is 9.20. The lowest BCUT2D eigenvalue weighted by molar-refractivity contribution is -0.138. The number of allylic oxidation sites excluding steroid dienone is 2. The summed E-state index contributed by atoms with van der Waals surface area (Å²) in [7, 11) is 1.60. The first-order chi connectivity index (χ1) is 15.8. The second kappa shape index (κ2) is 8.77. The van der Waals surface area contributed by atoms with Crippen LogP contribution in [-0.2, 0) is 14.3 Å². The quantitative estimate of drug-likeness (QED) is 0.672. The van der Waals surface area contributed by atoms with Gasteiger partial charge < -0.3 is 15.2 Å². The van der Waals surface area contributed by atoms with E-state index in [0.29, 0.717) is 30.0 Å². The lowest BCUT2D eigenvalue weighted by Crippen LogP contribution is -2.43. The Balaban J connectivity index is 2.00. The first kappa shape index (κ1) is 22.6. The molecule has 1 aliphatic carbocycles.